The molecule has 2 atom stereocenters. The molecule has 0 bridgehead atoms. The molecule has 3 rings (SSSR count). The Balaban J connectivity index is 1.65. The van der Waals surface area contributed by atoms with E-state index >= 15 is 0 Å². The fraction of sp³-hybridized carbons (Fsp3) is 0.438. The second kappa shape index (κ2) is 7.55. The molecule has 6 nitrogen and oxygen atoms in total. The number of thioether (sulfide) groups is 1. The predicted octanol–water partition coefficient (Wildman–Crippen LogP) is 2.65. The summed E-state index contributed by atoms with van der Waals surface area (Å²) in [5.41, 5.74) is 0.871. The number of carbonyl (C=O) groups excluding carboxylic acids is 1. The van der Waals surface area contributed by atoms with E-state index in [2.05, 4.69) is 10.2 Å². The Morgan fingerprint density at radius 2 is 2.12 bits per heavy atom. The van der Waals surface area contributed by atoms with Crippen molar-refractivity contribution in [3.8, 4) is 5.69 Å². The van der Waals surface area contributed by atoms with Crippen LogP contribution in [0.2, 0.25) is 5.02 Å². The second-order valence-electron chi connectivity index (χ2n) is 5.81. The van der Waals surface area contributed by atoms with Crippen molar-refractivity contribution in [2.75, 3.05) is 18.8 Å². The van der Waals surface area contributed by atoms with Gasteiger partial charge in [-0.15, -0.1) is 10.2 Å². The van der Waals surface area contributed by atoms with Gasteiger partial charge in [-0.1, -0.05) is 29.4 Å². The highest BCUT2D eigenvalue weighted by molar-refractivity contribution is 7.99. The molecule has 1 aliphatic heterocycles. The molecule has 2 heterocycles. The van der Waals surface area contributed by atoms with Crippen molar-refractivity contribution >= 4 is 29.3 Å². The number of benzene rings is 1. The Labute approximate surface area is 150 Å². The van der Waals surface area contributed by atoms with Crippen LogP contribution in [0.25, 0.3) is 5.69 Å². The lowest BCUT2D eigenvalue weighted by Crippen LogP contribution is -2.48. The summed E-state index contributed by atoms with van der Waals surface area (Å²) < 4.78 is 7.49. The minimum absolute atomic E-state index is 0.0674. The number of ether oxygens (including phenoxy) is 1. The minimum atomic E-state index is 0.0674. The van der Waals surface area contributed by atoms with Crippen molar-refractivity contribution in [2.24, 2.45) is 0 Å². The molecule has 0 saturated carbocycles. The standard InChI is InChI=1S/C16H19ClN4O2S/c1-11-7-20(8-12(2)23-11)15(22)9-24-16-19-18-10-21(16)14-5-3-4-13(17)6-14/h3-6,10-12H,7-9H2,1-2H3/t11-,12-/m1/s1. The second-order valence-corrected chi connectivity index (χ2v) is 7.19. The Morgan fingerprint density at radius 3 is 2.83 bits per heavy atom. The van der Waals surface area contributed by atoms with E-state index < -0.39 is 0 Å². The zero-order valence-electron chi connectivity index (χ0n) is 13.6. The lowest BCUT2D eigenvalue weighted by atomic mass is 10.2. The van der Waals surface area contributed by atoms with E-state index in [0.717, 1.165) is 5.69 Å². The first kappa shape index (κ1) is 17.3. The zero-order chi connectivity index (χ0) is 17.1. The van der Waals surface area contributed by atoms with Crippen molar-refractivity contribution in [1.29, 1.82) is 0 Å². The molecule has 1 aromatic heterocycles. The molecule has 1 aliphatic rings. The number of nitrogens with zero attached hydrogens (tertiary/aromatic N) is 4. The van der Waals surface area contributed by atoms with Crippen LogP contribution in [0.3, 0.4) is 0 Å². The van der Waals surface area contributed by atoms with E-state index in [1.54, 1.807) is 6.33 Å². The zero-order valence-corrected chi connectivity index (χ0v) is 15.1. The van der Waals surface area contributed by atoms with E-state index in [1.165, 1.54) is 11.8 Å². The topological polar surface area (TPSA) is 60.2 Å². The fourth-order valence-electron chi connectivity index (χ4n) is 2.73. The van der Waals surface area contributed by atoms with E-state index in [9.17, 15) is 4.79 Å². The maximum Gasteiger partial charge on any atom is 0.233 e. The van der Waals surface area contributed by atoms with Crippen LogP contribution in [0.5, 0.6) is 0 Å². The SMILES string of the molecule is C[C@@H]1CN(C(=O)CSc2nncn2-c2cccc(Cl)c2)C[C@@H](C)O1. The van der Waals surface area contributed by atoms with Crippen molar-refractivity contribution in [3.63, 3.8) is 0 Å². The summed E-state index contributed by atoms with van der Waals surface area (Å²) in [4.78, 5) is 14.3. The van der Waals surface area contributed by atoms with Gasteiger partial charge >= 0.3 is 0 Å². The number of morpholine rings is 1. The molecule has 1 fully saturated rings. The van der Waals surface area contributed by atoms with Gasteiger partial charge in [-0.25, -0.2) is 0 Å². The maximum atomic E-state index is 12.5. The van der Waals surface area contributed by atoms with Gasteiger partial charge in [0.1, 0.15) is 6.33 Å². The van der Waals surface area contributed by atoms with Gasteiger partial charge in [0.05, 0.1) is 23.6 Å². The minimum Gasteiger partial charge on any atom is -0.372 e. The average Bonchev–Trinajstić information content (AvgIpc) is 3.00. The maximum absolute atomic E-state index is 12.5. The van der Waals surface area contributed by atoms with Gasteiger partial charge in [-0.05, 0) is 32.0 Å². The van der Waals surface area contributed by atoms with Crippen molar-refractivity contribution in [1.82, 2.24) is 19.7 Å². The first-order chi connectivity index (χ1) is 11.5. The third-order valence-electron chi connectivity index (χ3n) is 3.70. The van der Waals surface area contributed by atoms with Crippen LogP contribution < -0.4 is 0 Å². The molecule has 8 heteroatoms. The first-order valence-corrected chi connectivity index (χ1v) is 9.11. The summed E-state index contributed by atoms with van der Waals surface area (Å²) in [5.74, 6) is 0.404. The van der Waals surface area contributed by atoms with Crippen LogP contribution in [0.15, 0.2) is 35.7 Å². The van der Waals surface area contributed by atoms with Crippen LogP contribution in [0.1, 0.15) is 13.8 Å². The summed E-state index contributed by atoms with van der Waals surface area (Å²) in [6.07, 6.45) is 1.76. The molecule has 0 aliphatic carbocycles. The fourth-order valence-corrected chi connectivity index (χ4v) is 3.74. The summed E-state index contributed by atoms with van der Waals surface area (Å²) in [5, 5.41) is 9.36. The van der Waals surface area contributed by atoms with E-state index in [0.29, 0.717) is 29.0 Å². The first-order valence-electron chi connectivity index (χ1n) is 7.75. The van der Waals surface area contributed by atoms with Gasteiger partial charge in [0, 0.05) is 18.1 Å². The van der Waals surface area contributed by atoms with Gasteiger partial charge < -0.3 is 9.64 Å². The van der Waals surface area contributed by atoms with Crippen LogP contribution in [-0.4, -0.2) is 56.6 Å². The summed E-state index contributed by atoms with van der Waals surface area (Å²) in [6.45, 7) is 5.23. The van der Waals surface area contributed by atoms with Gasteiger partial charge in [-0.2, -0.15) is 0 Å². The van der Waals surface area contributed by atoms with Gasteiger partial charge in [0.2, 0.25) is 5.91 Å². The smallest absolute Gasteiger partial charge is 0.233 e. The molecule has 0 radical (unpaired) electrons. The average molecular weight is 367 g/mol. The van der Waals surface area contributed by atoms with Crippen molar-refractivity contribution < 1.29 is 9.53 Å². The monoisotopic (exact) mass is 366 g/mol. The normalized spacial score (nSPS) is 21.0. The highest BCUT2D eigenvalue weighted by atomic mass is 35.5. The molecule has 0 N–H and O–H groups in total. The van der Waals surface area contributed by atoms with Crippen LogP contribution in [0, 0.1) is 0 Å². The van der Waals surface area contributed by atoms with Crippen molar-refractivity contribution in [2.45, 2.75) is 31.2 Å². The highest BCUT2D eigenvalue weighted by Gasteiger charge is 2.26. The summed E-state index contributed by atoms with van der Waals surface area (Å²) >= 11 is 7.41. The Morgan fingerprint density at radius 1 is 1.38 bits per heavy atom. The van der Waals surface area contributed by atoms with Crippen molar-refractivity contribution in [3.05, 3.63) is 35.6 Å². The molecule has 0 unspecified atom stereocenters. The molecule has 0 spiro atoms. The lowest BCUT2D eigenvalue weighted by Gasteiger charge is -2.35. The molecule has 1 amide bonds. The Kier molecular flexibility index (Phi) is 5.43. The third-order valence-corrected chi connectivity index (χ3v) is 4.86. The van der Waals surface area contributed by atoms with Gasteiger partial charge in [0.25, 0.3) is 0 Å². The quantitative estimate of drug-likeness (QED) is 0.778. The Hall–Kier alpha value is -1.57. The number of aromatic nitrogens is 3. The Bertz CT molecular complexity index is 714. The number of carbonyl (C=O) groups is 1. The number of hydrogen-bond acceptors (Lipinski definition) is 5. The third kappa shape index (κ3) is 4.09. The summed E-state index contributed by atoms with van der Waals surface area (Å²) in [6, 6.07) is 7.44. The number of halogens is 1. The largest absolute Gasteiger partial charge is 0.372 e. The molecule has 1 saturated heterocycles. The van der Waals surface area contributed by atoms with E-state index in [4.69, 9.17) is 16.3 Å². The number of rotatable bonds is 4. The predicted molar refractivity (Wildman–Crippen MR) is 93.7 cm³/mol. The molecular weight excluding hydrogens is 348 g/mol. The van der Waals surface area contributed by atoms with E-state index in [-0.39, 0.29) is 18.1 Å². The van der Waals surface area contributed by atoms with Gasteiger partial charge in [-0.3, -0.25) is 9.36 Å². The van der Waals surface area contributed by atoms with Crippen LogP contribution in [0.4, 0.5) is 0 Å². The lowest BCUT2D eigenvalue weighted by molar-refractivity contribution is -0.140. The van der Waals surface area contributed by atoms with Crippen LogP contribution >= 0.6 is 23.4 Å². The molecule has 128 valence electrons. The molecule has 2 aromatic rings. The van der Waals surface area contributed by atoms with Gasteiger partial charge in [0.15, 0.2) is 5.16 Å². The molecular formula is C16H19ClN4O2S. The van der Waals surface area contributed by atoms with E-state index in [1.807, 2.05) is 47.6 Å². The number of hydrogen-bond donors (Lipinski definition) is 0. The van der Waals surface area contributed by atoms with Crippen LogP contribution in [-0.2, 0) is 9.53 Å². The molecule has 1 aromatic carbocycles. The summed E-state index contributed by atoms with van der Waals surface area (Å²) in [7, 11) is 0. The molecule has 24 heavy (non-hydrogen) atoms. The highest BCUT2D eigenvalue weighted by Crippen LogP contribution is 2.22. The number of amides is 1.